The van der Waals surface area contributed by atoms with Crippen molar-refractivity contribution in [1.29, 1.82) is 0 Å². The van der Waals surface area contributed by atoms with E-state index in [4.69, 9.17) is 4.98 Å². The smallest absolute Gasteiger partial charge is 0.0705 e. The Morgan fingerprint density at radius 2 is 1.39 bits per heavy atom. The zero-order chi connectivity index (χ0) is 17.1. The summed E-state index contributed by atoms with van der Waals surface area (Å²) in [5.74, 6) is 0. The highest BCUT2D eigenvalue weighted by Gasteiger charge is 2.06. The predicted octanol–water partition coefficient (Wildman–Crippen LogP) is 6.44. The third-order valence-electron chi connectivity index (χ3n) is 3.46. The third-order valence-corrected chi connectivity index (χ3v) is 3.46. The van der Waals surface area contributed by atoms with E-state index < -0.39 is 0 Å². The summed E-state index contributed by atoms with van der Waals surface area (Å²) < 4.78 is 0. The van der Waals surface area contributed by atoms with Gasteiger partial charge in [0.1, 0.15) is 0 Å². The number of pyridine rings is 1. The molecule has 1 heterocycles. The molecule has 0 radical (unpaired) electrons. The van der Waals surface area contributed by atoms with Crippen LogP contribution in [0.2, 0.25) is 0 Å². The molecule has 0 spiro atoms. The zero-order valence-corrected chi connectivity index (χ0v) is 15.1. The lowest BCUT2D eigenvalue weighted by Gasteiger charge is -2.09. The van der Waals surface area contributed by atoms with Crippen molar-refractivity contribution in [2.75, 3.05) is 0 Å². The van der Waals surface area contributed by atoms with Crippen molar-refractivity contribution in [3.63, 3.8) is 0 Å². The van der Waals surface area contributed by atoms with Crippen molar-refractivity contribution < 1.29 is 0 Å². The lowest BCUT2D eigenvalue weighted by molar-refractivity contribution is 0.997. The van der Waals surface area contributed by atoms with Gasteiger partial charge in [0.15, 0.2) is 0 Å². The molecule has 3 aromatic rings. The van der Waals surface area contributed by atoms with E-state index in [2.05, 4.69) is 61.5 Å². The maximum absolute atomic E-state index is 4.79. The molecule has 0 N–H and O–H groups in total. The first-order valence-electron chi connectivity index (χ1n) is 8.78. The molecule has 0 saturated heterocycles. The molecule has 1 nitrogen and oxygen atoms in total. The molecule has 3 rings (SSSR count). The Hall–Kier alpha value is -2.15. The van der Waals surface area contributed by atoms with Crippen LogP contribution in [0.5, 0.6) is 0 Å². The molecule has 0 saturated carbocycles. The summed E-state index contributed by atoms with van der Waals surface area (Å²) in [4.78, 5) is 4.79. The van der Waals surface area contributed by atoms with Crippen LogP contribution in [0.4, 0.5) is 0 Å². The van der Waals surface area contributed by atoms with Crippen LogP contribution >= 0.6 is 0 Å². The van der Waals surface area contributed by atoms with E-state index in [9.17, 15) is 0 Å². The van der Waals surface area contributed by atoms with Gasteiger partial charge in [-0.3, -0.25) is 4.98 Å². The van der Waals surface area contributed by atoms with E-state index in [1.807, 2.05) is 33.8 Å². The fraction of sp³-hybridized carbons (Fsp3) is 0.318. The Labute approximate surface area is 141 Å². The van der Waals surface area contributed by atoms with Gasteiger partial charge in [0.2, 0.25) is 0 Å². The number of hydrogen-bond donors (Lipinski definition) is 0. The van der Waals surface area contributed by atoms with Crippen LogP contribution in [-0.4, -0.2) is 4.98 Å². The summed E-state index contributed by atoms with van der Waals surface area (Å²) in [5.41, 5.74) is 4.99. The maximum Gasteiger partial charge on any atom is 0.0705 e. The highest BCUT2D eigenvalue weighted by molar-refractivity contribution is 5.79. The van der Waals surface area contributed by atoms with Crippen LogP contribution < -0.4 is 0 Å². The standard InChI is InChI=1S/C18H17N.2C2H6/c1-2-17-16(12-14-8-4-3-5-9-14)13-15-10-6-7-11-18(15)19-17;2*1-2/h3-11,13H,2,12H2,1H3;2*1-2H3. The fourth-order valence-electron chi connectivity index (χ4n) is 2.47. The van der Waals surface area contributed by atoms with Crippen molar-refractivity contribution >= 4 is 10.9 Å². The van der Waals surface area contributed by atoms with Gasteiger partial charge in [0.05, 0.1) is 5.52 Å². The average molecular weight is 307 g/mol. The molecule has 23 heavy (non-hydrogen) atoms. The summed E-state index contributed by atoms with van der Waals surface area (Å²) in [5, 5.41) is 1.23. The minimum Gasteiger partial charge on any atom is -0.253 e. The van der Waals surface area contributed by atoms with Gasteiger partial charge in [-0.2, -0.15) is 0 Å². The first kappa shape index (κ1) is 18.9. The quantitative estimate of drug-likeness (QED) is 0.542. The molecule has 0 unspecified atom stereocenters. The molecule has 0 aliphatic carbocycles. The topological polar surface area (TPSA) is 12.9 Å². The van der Waals surface area contributed by atoms with E-state index >= 15 is 0 Å². The molecule has 1 aromatic heterocycles. The first-order valence-corrected chi connectivity index (χ1v) is 8.78. The molecular formula is C22H29N. The molecule has 1 heteroatoms. The molecule has 2 aromatic carbocycles. The number of benzene rings is 2. The summed E-state index contributed by atoms with van der Waals surface area (Å²) in [6.45, 7) is 10.2. The van der Waals surface area contributed by atoms with Crippen LogP contribution in [0.3, 0.4) is 0 Å². The predicted molar refractivity (Wildman–Crippen MR) is 103 cm³/mol. The first-order chi connectivity index (χ1) is 11.4. The van der Waals surface area contributed by atoms with Gasteiger partial charge in [-0.05, 0) is 36.1 Å². The number of fused-ring (bicyclic) bond motifs is 1. The van der Waals surface area contributed by atoms with E-state index in [1.54, 1.807) is 0 Å². The van der Waals surface area contributed by atoms with Crippen molar-refractivity contribution in [3.8, 4) is 0 Å². The number of aromatic nitrogens is 1. The van der Waals surface area contributed by atoms with Crippen molar-refractivity contribution in [3.05, 3.63) is 77.5 Å². The van der Waals surface area contributed by atoms with Gasteiger partial charge >= 0.3 is 0 Å². The number of hydrogen-bond acceptors (Lipinski definition) is 1. The highest BCUT2D eigenvalue weighted by atomic mass is 14.7. The molecule has 0 fully saturated rings. The van der Waals surface area contributed by atoms with Crippen LogP contribution in [0.1, 0.15) is 51.4 Å². The molecule has 0 aliphatic rings. The van der Waals surface area contributed by atoms with Gasteiger partial charge in [0.25, 0.3) is 0 Å². The molecule has 0 bridgehead atoms. The molecule has 122 valence electrons. The zero-order valence-electron chi connectivity index (χ0n) is 15.1. The van der Waals surface area contributed by atoms with Gasteiger partial charge in [-0.25, -0.2) is 0 Å². The van der Waals surface area contributed by atoms with Crippen molar-refractivity contribution in [2.24, 2.45) is 0 Å². The Balaban J connectivity index is 0.000000615. The van der Waals surface area contributed by atoms with Gasteiger partial charge in [-0.1, -0.05) is 83.1 Å². The Morgan fingerprint density at radius 1 is 0.783 bits per heavy atom. The van der Waals surface area contributed by atoms with Gasteiger partial charge in [0, 0.05) is 11.1 Å². The number of rotatable bonds is 3. The summed E-state index contributed by atoms with van der Waals surface area (Å²) in [7, 11) is 0. The molecule has 0 atom stereocenters. The number of aryl methyl sites for hydroxylation is 1. The Bertz CT molecular complexity index is 687. The van der Waals surface area contributed by atoms with E-state index in [-0.39, 0.29) is 0 Å². The van der Waals surface area contributed by atoms with Crippen molar-refractivity contribution in [1.82, 2.24) is 4.98 Å². The fourth-order valence-corrected chi connectivity index (χ4v) is 2.47. The lowest BCUT2D eigenvalue weighted by atomic mass is 10.0. The largest absolute Gasteiger partial charge is 0.253 e. The van der Waals surface area contributed by atoms with Crippen LogP contribution in [0.25, 0.3) is 10.9 Å². The summed E-state index contributed by atoms with van der Waals surface area (Å²) in [6.07, 6.45) is 1.94. The second-order valence-corrected chi connectivity index (χ2v) is 4.80. The summed E-state index contributed by atoms with van der Waals surface area (Å²) >= 11 is 0. The Morgan fingerprint density at radius 3 is 2.04 bits per heavy atom. The van der Waals surface area contributed by atoms with Gasteiger partial charge in [-0.15, -0.1) is 0 Å². The van der Waals surface area contributed by atoms with E-state index in [1.165, 1.54) is 22.2 Å². The monoisotopic (exact) mass is 307 g/mol. The van der Waals surface area contributed by atoms with Crippen LogP contribution in [0, 0.1) is 0 Å². The lowest BCUT2D eigenvalue weighted by Crippen LogP contribution is -1.98. The number of nitrogens with zero attached hydrogens (tertiary/aromatic N) is 1. The maximum atomic E-state index is 4.79. The second kappa shape index (κ2) is 10.6. The van der Waals surface area contributed by atoms with Crippen LogP contribution in [-0.2, 0) is 12.8 Å². The highest BCUT2D eigenvalue weighted by Crippen LogP contribution is 2.20. The molecule has 0 amide bonds. The van der Waals surface area contributed by atoms with Crippen LogP contribution in [0.15, 0.2) is 60.7 Å². The third kappa shape index (κ3) is 5.21. The second-order valence-electron chi connectivity index (χ2n) is 4.80. The molecule has 0 aliphatic heterocycles. The van der Waals surface area contributed by atoms with Gasteiger partial charge < -0.3 is 0 Å². The number of para-hydroxylation sites is 1. The molecular weight excluding hydrogens is 278 g/mol. The minimum absolute atomic E-state index is 0.960. The van der Waals surface area contributed by atoms with E-state index in [0.29, 0.717) is 0 Å². The normalized spacial score (nSPS) is 9.43. The Kier molecular flexibility index (Phi) is 8.67. The van der Waals surface area contributed by atoms with Crippen molar-refractivity contribution in [2.45, 2.75) is 47.5 Å². The van der Waals surface area contributed by atoms with E-state index in [0.717, 1.165) is 18.4 Å². The average Bonchev–Trinajstić information content (AvgIpc) is 2.65. The summed E-state index contributed by atoms with van der Waals surface area (Å²) in [6, 6.07) is 21.2. The minimum atomic E-state index is 0.960. The SMILES string of the molecule is CC.CC.CCc1nc2ccccc2cc1Cc1ccccc1.